The highest BCUT2D eigenvalue weighted by Crippen LogP contribution is 2.34. The van der Waals surface area contributed by atoms with Gasteiger partial charge in [0.15, 0.2) is 21.3 Å². The van der Waals surface area contributed by atoms with Crippen LogP contribution in [0, 0.1) is 0 Å². The lowest BCUT2D eigenvalue weighted by molar-refractivity contribution is -0.122. The number of aromatic nitrogens is 1. The fourth-order valence-corrected chi connectivity index (χ4v) is 6.16. The molecular formula is C19H23ClN2O4S. The third kappa shape index (κ3) is 4.14. The van der Waals surface area contributed by atoms with Gasteiger partial charge < -0.3 is 9.73 Å². The van der Waals surface area contributed by atoms with Crippen LogP contribution >= 0.6 is 11.6 Å². The molecule has 0 spiro atoms. The van der Waals surface area contributed by atoms with E-state index in [4.69, 9.17) is 16.0 Å². The second kappa shape index (κ2) is 7.43. The largest absolute Gasteiger partial charge is 0.440 e. The Bertz CT molecular complexity index is 948. The molecule has 0 bridgehead atoms. The number of rotatable bonds is 4. The zero-order valence-electron chi connectivity index (χ0n) is 15.0. The first-order valence-corrected chi connectivity index (χ1v) is 11.6. The summed E-state index contributed by atoms with van der Waals surface area (Å²) in [6.45, 7) is 0. The molecule has 2 aliphatic rings. The number of benzene rings is 1. The quantitative estimate of drug-likeness (QED) is 0.831. The van der Waals surface area contributed by atoms with Crippen molar-refractivity contribution in [1.29, 1.82) is 0 Å². The van der Waals surface area contributed by atoms with Gasteiger partial charge in [-0.05, 0) is 56.7 Å². The lowest BCUT2D eigenvalue weighted by Gasteiger charge is -2.27. The van der Waals surface area contributed by atoms with Crippen molar-refractivity contribution in [1.82, 2.24) is 10.3 Å². The Labute approximate surface area is 163 Å². The summed E-state index contributed by atoms with van der Waals surface area (Å²) in [4.78, 5) is 16.8. The number of hydrogen-bond donors (Lipinski definition) is 1. The fraction of sp³-hybridized carbons (Fsp3) is 0.579. The average Bonchev–Trinajstić information content (AvgIpc) is 3.18. The first kappa shape index (κ1) is 18.7. The van der Waals surface area contributed by atoms with E-state index >= 15 is 0 Å². The van der Waals surface area contributed by atoms with Gasteiger partial charge in [-0.2, -0.15) is 0 Å². The number of fused-ring (bicyclic) bond motifs is 1. The van der Waals surface area contributed by atoms with Crippen molar-refractivity contribution in [3.63, 3.8) is 0 Å². The summed E-state index contributed by atoms with van der Waals surface area (Å²) in [5.74, 6) is 1.03. The Morgan fingerprint density at radius 3 is 2.70 bits per heavy atom. The second-order valence-corrected chi connectivity index (χ2v) is 10.5. The predicted octanol–water partition coefficient (Wildman–Crippen LogP) is 3.59. The van der Waals surface area contributed by atoms with Gasteiger partial charge >= 0.3 is 0 Å². The van der Waals surface area contributed by atoms with Crippen molar-refractivity contribution in [2.24, 2.45) is 0 Å². The second-order valence-electron chi connectivity index (χ2n) is 7.62. The molecule has 1 aliphatic heterocycles. The first-order chi connectivity index (χ1) is 12.9. The van der Waals surface area contributed by atoms with Gasteiger partial charge in [-0.3, -0.25) is 4.79 Å². The van der Waals surface area contributed by atoms with Gasteiger partial charge in [-0.15, -0.1) is 0 Å². The van der Waals surface area contributed by atoms with E-state index in [1.807, 2.05) is 6.07 Å². The van der Waals surface area contributed by atoms with Crippen LogP contribution in [-0.2, 0) is 14.6 Å². The molecule has 1 N–H and O–H groups in total. The van der Waals surface area contributed by atoms with E-state index < -0.39 is 15.1 Å². The van der Waals surface area contributed by atoms with E-state index in [2.05, 4.69) is 10.3 Å². The smallest absolute Gasteiger partial charge is 0.221 e. The maximum Gasteiger partial charge on any atom is 0.221 e. The molecule has 0 radical (unpaired) electrons. The number of halogens is 1. The van der Waals surface area contributed by atoms with Crippen molar-refractivity contribution < 1.29 is 17.6 Å². The highest BCUT2D eigenvalue weighted by atomic mass is 35.5. The lowest BCUT2D eigenvalue weighted by Crippen LogP contribution is -2.39. The Hall–Kier alpha value is -1.60. The molecule has 1 aromatic carbocycles. The number of amides is 1. The average molecular weight is 411 g/mol. The minimum absolute atomic E-state index is 0.0914. The van der Waals surface area contributed by atoms with Gasteiger partial charge in [0.25, 0.3) is 0 Å². The van der Waals surface area contributed by atoms with Crippen molar-refractivity contribution in [2.45, 2.75) is 62.2 Å². The normalized spacial score (nSPS) is 27.7. The molecule has 6 nitrogen and oxygen atoms in total. The van der Waals surface area contributed by atoms with E-state index in [-0.39, 0.29) is 30.0 Å². The SMILES string of the molecule is O=C(CC1CCCS1(=O)=O)NC1CCC(c2nc3cc(Cl)ccc3o2)CC1. The molecular weight excluding hydrogens is 388 g/mol. The van der Waals surface area contributed by atoms with Crippen LogP contribution in [-0.4, -0.2) is 36.4 Å². The lowest BCUT2D eigenvalue weighted by atomic mass is 9.86. The highest BCUT2D eigenvalue weighted by molar-refractivity contribution is 7.92. The van der Waals surface area contributed by atoms with Gasteiger partial charge in [-0.1, -0.05) is 11.6 Å². The van der Waals surface area contributed by atoms with Gasteiger partial charge in [0.05, 0.1) is 11.0 Å². The third-order valence-corrected chi connectivity index (χ3v) is 8.19. The minimum Gasteiger partial charge on any atom is -0.440 e. The van der Waals surface area contributed by atoms with E-state index in [0.29, 0.717) is 17.9 Å². The number of nitrogens with one attached hydrogen (secondary N) is 1. The number of nitrogens with zero attached hydrogens (tertiary/aromatic N) is 1. The standard InChI is InChI=1S/C19H23ClN2O4S/c20-13-5-8-17-16(10-13)22-19(26-17)12-3-6-14(7-4-12)21-18(23)11-15-2-1-9-27(15,24)25/h5,8,10,12,14-15H,1-4,6-7,9,11H2,(H,21,23). The predicted molar refractivity (Wildman–Crippen MR) is 104 cm³/mol. The van der Waals surface area contributed by atoms with Crippen LogP contribution in [0.15, 0.2) is 22.6 Å². The van der Waals surface area contributed by atoms with Crippen LogP contribution in [0.4, 0.5) is 0 Å². The minimum atomic E-state index is -3.07. The molecule has 8 heteroatoms. The number of sulfone groups is 1. The summed E-state index contributed by atoms with van der Waals surface area (Å²) in [5, 5.41) is 3.16. The van der Waals surface area contributed by atoms with Gasteiger partial charge in [0, 0.05) is 23.4 Å². The number of oxazole rings is 1. The zero-order valence-corrected chi connectivity index (χ0v) is 16.6. The molecule has 1 saturated carbocycles. The van der Waals surface area contributed by atoms with Gasteiger partial charge in [-0.25, -0.2) is 13.4 Å². The molecule has 1 saturated heterocycles. The van der Waals surface area contributed by atoms with Gasteiger partial charge in [0.2, 0.25) is 5.91 Å². The van der Waals surface area contributed by atoms with Crippen LogP contribution in [0.25, 0.3) is 11.1 Å². The molecule has 1 aliphatic carbocycles. The molecule has 2 fully saturated rings. The summed E-state index contributed by atoms with van der Waals surface area (Å²) in [6, 6.07) is 5.51. The van der Waals surface area contributed by atoms with E-state index in [1.165, 1.54) is 0 Å². The molecule has 4 rings (SSSR count). The van der Waals surface area contributed by atoms with Crippen molar-refractivity contribution in [2.75, 3.05) is 5.75 Å². The van der Waals surface area contributed by atoms with Crippen LogP contribution < -0.4 is 5.32 Å². The monoisotopic (exact) mass is 410 g/mol. The Balaban J connectivity index is 1.31. The van der Waals surface area contributed by atoms with Crippen molar-refractivity contribution in [3.8, 4) is 0 Å². The van der Waals surface area contributed by atoms with Crippen LogP contribution in [0.5, 0.6) is 0 Å². The molecule has 1 unspecified atom stereocenters. The molecule has 2 aromatic rings. The first-order valence-electron chi connectivity index (χ1n) is 9.47. The molecule has 1 amide bonds. The number of carbonyl (C=O) groups excluding carboxylic acids is 1. The molecule has 1 atom stereocenters. The fourth-order valence-electron chi connectivity index (χ4n) is 4.16. The Morgan fingerprint density at radius 1 is 1.22 bits per heavy atom. The Morgan fingerprint density at radius 2 is 2.00 bits per heavy atom. The van der Waals surface area contributed by atoms with E-state index in [0.717, 1.165) is 42.7 Å². The molecule has 1 aromatic heterocycles. The maximum atomic E-state index is 12.2. The van der Waals surface area contributed by atoms with Crippen LogP contribution in [0.2, 0.25) is 5.02 Å². The third-order valence-electron chi connectivity index (χ3n) is 5.68. The van der Waals surface area contributed by atoms with E-state index in [1.54, 1.807) is 12.1 Å². The van der Waals surface area contributed by atoms with Crippen molar-refractivity contribution >= 4 is 38.4 Å². The number of hydrogen-bond acceptors (Lipinski definition) is 5. The summed E-state index contributed by atoms with van der Waals surface area (Å²) < 4.78 is 29.6. The summed E-state index contributed by atoms with van der Waals surface area (Å²) in [6.07, 6.45) is 4.81. The number of carbonyl (C=O) groups is 1. The topological polar surface area (TPSA) is 89.3 Å². The molecule has 146 valence electrons. The molecule has 2 heterocycles. The Kier molecular flexibility index (Phi) is 5.16. The van der Waals surface area contributed by atoms with Gasteiger partial charge in [0.1, 0.15) is 5.52 Å². The summed E-state index contributed by atoms with van der Waals surface area (Å²) in [7, 11) is -3.07. The highest BCUT2D eigenvalue weighted by Gasteiger charge is 2.34. The molecule has 27 heavy (non-hydrogen) atoms. The summed E-state index contributed by atoms with van der Waals surface area (Å²) >= 11 is 6.00. The zero-order chi connectivity index (χ0) is 19.0. The van der Waals surface area contributed by atoms with Crippen molar-refractivity contribution in [3.05, 3.63) is 29.1 Å². The summed E-state index contributed by atoms with van der Waals surface area (Å²) in [5.41, 5.74) is 1.51. The van der Waals surface area contributed by atoms with E-state index in [9.17, 15) is 13.2 Å². The van der Waals surface area contributed by atoms with Crippen LogP contribution in [0.1, 0.15) is 56.8 Å². The van der Waals surface area contributed by atoms with Crippen LogP contribution in [0.3, 0.4) is 0 Å². The maximum absolute atomic E-state index is 12.2.